The summed E-state index contributed by atoms with van der Waals surface area (Å²) in [7, 11) is 0. The summed E-state index contributed by atoms with van der Waals surface area (Å²) in [6.45, 7) is 2.32. The van der Waals surface area contributed by atoms with E-state index in [0.29, 0.717) is 5.92 Å². The molecule has 0 spiro atoms. The second-order valence-electron chi connectivity index (χ2n) is 11.0. The van der Waals surface area contributed by atoms with E-state index in [9.17, 15) is 0 Å². The largest absolute Gasteiger partial charge is 0.317 e. The Morgan fingerprint density at radius 2 is 1.15 bits per heavy atom. The van der Waals surface area contributed by atoms with E-state index in [-0.39, 0.29) is 0 Å². The van der Waals surface area contributed by atoms with Gasteiger partial charge in [0, 0.05) is 44.7 Å². The molecule has 0 amide bonds. The monoisotopic (exact) mass is 502 g/mol. The molecule has 2 heteroatoms. The SMILES string of the molecule is CC1C=Cc2c3c(n(-c4ccc(-c5ccc(-n6c7ccccc7c7ccccc76)cc5)cc4)c2C1)CCC=C3. The van der Waals surface area contributed by atoms with Crippen LogP contribution in [0, 0.1) is 5.92 Å². The zero-order chi connectivity index (χ0) is 25.9. The van der Waals surface area contributed by atoms with Gasteiger partial charge in [-0.15, -0.1) is 0 Å². The number of rotatable bonds is 3. The molecule has 0 aliphatic heterocycles. The molecule has 188 valence electrons. The number of benzene rings is 4. The van der Waals surface area contributed by atoms with Gasteiger partial charge in [-0.1, -0.05) is 91.9 Å². The van der Waals surface area contributed by atoms with Crippen LogP contribution in [0.5, 0.6) is 0 Å². The second-order valence-corrected chi connectivity index (χ2v) is 11.0. The number of hydrogen-bond acceptors (Lipinski definition) is 0. The third kappa shape index (κ3) is 3.48. The van der Waals surface area contributed by atoms with Gasteiger partial charge >= 0.3 is 0 Å². The van der Waals surface area contributed by atoms with Crippen LogP contribution in [0.3, 0.4) is 0 Å². The fraction of sp³-hybridized carbons (Fsp3) is 0.135. The zero-order valence-electron chi connectivity index (χ0n) is 22.1. The number of fused-ring (bicyclic) bond motifs is 6. The Kier molecular flexibility index (Phi) is 5.03. The third-order valence-corrected chi connectivity index (χ3v) is 8.56. The molecule has 2 aromatic heterocycles. The van der Waals surface area contributed by atoms with Gasteiger partial charge in [-0.3, -0.25) is 0 Å². The maximum atomic E-state index is 2.54. The molecular formula is C37H30N2. The lowest BCUT2D eigenvalue weighted by Crippen LogP contribution is -2.10. The molecule has 8 rings (SSSR count). The highest BCUT2D eigenvalue weighted by Crippen LogP contribution is 2.37. The fourth-order valence-corrected chi connectivity index (χ4v) is 6.71. The Balaban J connectivity index is 1.17. The molecule has 2 nitrogen and oxygen atoms in total. The average molecular weight is 503 g/mol. The van der Waals surface area contributed by atoms with E-state index in [0.717, 1.165) is 19.3 Å². The van der Waals surface area contributed by atoms with Crippen LogP contribution in [0.25, 0.3) is 56.5 Å². The van der Waals surface area contributed by atoms with Crippen LogP contribution >= 0.6 is 0 Å². The molecule has 2 heterocycles. The Hall–Kier alpha value is -4.56. The maximum Gasteiger partial charge on any atom is 0.0541 e. The van der Waals surface area contributed by atoms with Crippen molar-refractivity contribution >= 4 is 34.0 Å². The standard InChI is InChI=1S/C37H30N2/c1-25-14-23-33-32-10-4-7-13-36(32)39(37(33)24-25)29-21-17-27(18-22-29)26-15-19-28(20-16-26)38-34-11-5-2-8-30(34)31-9-3-6-12-35(31)38/h2-6,8-12,14-23,25H,7,13,24H2,1H3. The Morgan fingerprint density at radius 3 is 1.79 bits per heavy atom. The van der Waals surface area contributed by atoms with E-state index in [1.807, 2.05) is 0 Å². The van der Waals surface area contributed by atoms with Gasteiger partial charge in [-0.25, -0.2) is 0 Å². The first-order valence-corrected chi connectivity index (χ1v) is 14.1. The van der Waals surface area contributed by atoms with Crippen molar-refractivity contribution in [1.29, 1.82) is 0 Å². The van der Waals surface area contributed by atoms with Gasteiger partial charge < -0.3 is 9.13 Å². The lowest BCUT2D eigenvalue weighted by atomic mass is 9.92. The minimum atomic E-state index is 0.573. The quantitative estimate of drug-likeness (QED) is 0.228. The van der Waals surface area contributed by atoms with Gasteiger partial charge in [0.2, 0.25) is 0 Å². The van der Waals surface area contributed by atoms with Gasteiger partial charge in [0.05, 0.1) is 11.0 Å². The van der Waals surface area contributed by atoms with Crippen molar-refractivity contribution in [1.82, 2.24) is 9.13 Å². The normalized spacial score (nSPS) is 16.1. The highest BCUT2D eigenvalue weighted by atomic mass is 15.0. The average Bonchev–Trinajstić information content (AvgIpc) is 3.50. The summed E-state index contributed by atoms with van der Waals surface area (Å²) in [5, 5.41) is 2.59. The zero-order valence-corrected chi connectivity index (χ0v) is 22.1. The predicted octanol–water partition coefficient (Wildman–Crippen LogP) is 9.41. The number of aromatic nitrogens is 2. The molecular weight excluding hydrogens is 472 g/mol. The Morgan fingerprint density at radius 1 is 0.590 bits per heavy atom. The molecule has 0 saturated heterocycles. The molecule has 0 bridgehead atoms. The second kappa shape index (κ2) is 8.74. The predicted molar refractivity (Wildman–Crippen MR) is 165 cm³/mol. The van der Waals surface area contributed by atoms with Gasteiger partial charge in [-0.2, -0.15) is 0 Å². The summed E-state index contributed by atoms with van der Waals surface area (Å²) in [6.07, 6.45) is 12.7. The van der Waals surface area contributed by atoms with Crippen LogP contribution in [-0.4, -0.2) is 9.13 Å². The number of nitrogens with zero attached hydrogens (tertiary/aromatic N) is 2. The first-order valence-electron chi connectivity index (χ1n) is 14.1. The molecule has 2 aliphatic rings. The summed E-state index contributed by atoms with van der Waals surface area (Å²) in [5.41, 5.74) is 13.2. The van der Waals surface area contributed by atoms with Gasteiger partial charge in [0.15, 0.2) is 0 Å². The molecule has 2 aliphatic carbocycles. The summed E-state index contributed by atoms with van der Waals surface area (Å²) in [5.74, 6) is 0.573. The summed E-state index contributed by atoms with van der Waals surface area (Å²) in [4.78, 5) is 0. The lowest BCUT2D eigenvalue weighted by Gasteiger charge is -2.18. The van der Waals surface area contributed by atoms with Crippen molar-refractivity contribution in [3.63, 3.8) is 0 Å². The molecule has 0 fully saturated rings. The highest BCUT2D eigenvalue weighted by Gasteiger charge is 2.25. The fourth-order valence-electron chi connectivity index (χ4n) is 6.71. The number of hydrogen-bond donors (Lipinski definition) is 0. The van der Waals surface area contributed by atoms with Crippen molar-refractivity contribution in [3.8, 4) is 22.5 Å². The van der Waals surface area contributed by atoms with Gasteiger partial charge in [0.1, 0.15) is 0 Å². The molecule has 0 radical (unpaired) electrons. The molecule has 6 aromatic rings. The number of para-hydroxylation sites is 2. The van der Waals surface area contributed by atoms with E-state index in [2.05, 4.69) is 137 Å². The highest BCUT2D eigenvalue weighted by molar-refractivity contribution is 6.09. The molecule has 1 atom stereocenters. The summed E-state index contributed by atoms with van der Waals surface area (Å²) >= 11 is 0. The molecule has 0 saturated carbocycles. The van der Waals surface area contributed by atoms with Crippen molar-refractivity contribution in [3.05, 3.63) is 132 Å². The van der Waals surface area contributed by atoms with Crippen LogP contribution in [0.4, 0.5) is 0 Å². The minimum absolute atomic E-state index is 0.573. The van der Waals surface area contributed by atoms with Crippen molar-refractivity contribution in [2.24, 2.45) is 5.92 Å². The third-order valence-electron chi connectivity index (χ3n) is 8.56. The van der Waals surface area contributed by atoms with Gasteiger partial charge in [-0.05, 0) is 72.7 Å². The van der Waals surface area contributed by atoms with Gasteiger partial charge in [0.25, 0.3) is 0 Å². The van der Waals surface area contributed by atoms with Crippen LogP contribution < -0.4 is 0 Å². The topological polar surface area (TPSA) is 9.86 Å². The van der Waals surface area contributed by atoms with Crippen molar-refractivity contribution in [2.75, 3.05) is 0 Å². The molecule has 4 aromatic carbocycles. The van der Waals surface area contributed by atoms with E-state index in [4.69, 9.17) is 0 Å². The molecule has 0 N–H and O–H groups in total. The Bertz CT molecular complexity index is 1870. The molecule has 39 heavy (non-hydrogen) atoms. The van der Waals surface area contributed by atoms with Crippen molar-refractivity contribution < 1.29 is 0 Å². The Labute approximate surface area is 229 Å². The maximum absolute atomic E-state index is 2.54. The molecule has 1 unspecified atom stereocenters. The van der Waals surface area contributed by atoms with E-state index in [1.165, 1.54) is 66.8 Å². The summed E-state index contributed by atoms with van der Waals surface area (Å²) < 4.78 is 4.92. The first-order chi connectivity index (χ1) is 19.3. The van der Waals surface area contributed by atoms with Crippen molar-refractivity contribution in [2.45, 2.75) is 26.2 Å². The van der Waals surface area contributed by atoms with E-state index < -0.39 is 0 Å². The van der Waals surface area contributed by atoms with E-state index in [1.54, 1.807) is 0 Å². The van der Waals surface area contributed by atoms with Crippen LogP contribution in [-0.2, 0) is 12.8 Å². The van der Waals surface area contributed by atoms with Crippen LogP contribution in [0.2, 0.25) is 0 Å². The lowest BCUT2D eigenvalue weighted by molar-refractivity contribution is 0.680. The first kappa shape index (κ1) is 22.4. The minimum Gasteiger partial charge on any atom is -0.317 e. The van der Waals surface area contributed by atoms with Crippen LogP contribution in [0.15, 0.2) is 109 Å². The van der Waals surface area contributed by atoms with E-state index >= 15 is 0 Å². The van der Waals surface area contributed by atoms with Crippen LogP contribution in [0.1, 0.15) is 35.9 Å². The number of allylic oxidation sites excluding steroid dienone is 2. The smallest absolute Gasteiger partial charge is 0.0541 e. The summed E-state index contributed by atoms with van der Waals surface area (Å²) in [6, 6.07) is 35.5.